The number of nitrogens with zero attached hydrogens (tertiary/aromatic N) is 2. The highest BCUT2D eigenvalue weighted by Crippen LogP contribution is 2.14. The van der Waals surface area contributed by atoms with Crippen LogP contribution in [0.25, 0.3) is 11.0 Å². The molecule has 1 atom stereocenters. The number of aliphatic hydroxyl groups is 1. The Morgan fingerprint density at radius 3 is 2.40 bits per heavy atom. The van der Waals surface area contributed by atoms with E-state index in [9.17, 15) is 14.7 Å². The van der Waals surface area contributed by atoms with E-state index >= 15 is 0 Å². The molecule has 0 radical (unpaired) electrons. The zero-order valence-electron chi connectivity index (χ0n) is 14.2. The van der Waals surface area contributed by atoms with E-state index in [-0.39, 0.29) is 24.6 Å². The third-order valence-corrected chi connectivity index (χ3v) is 4.15. The molecule has 0 aliphatic carbocycles. The summed E-state index contributed by atoms with van der Waals surface area (Å²) in [4.78, 5) is 23.6. The van der Waals surface area contributed by atoms with Crippen LogP contribution in [0.5, 0.6) is 5.75 Å². The van der Waals surface area contributed by atoms with Crippen molar-refractivity contribution in [3.05, 3.63) is 64.6 Å². The van der Waals surface area contributed by atoms with Gasteiger partial charge in [-0.1, -0.05) is 12.1 Å². The van der Waals surface area contributed by atoms with Crippen LogP contribution in [0.1, 0.15) is 17.3 Å². The van der Waals surface area contributed by atoms with Gasteiger partial charge in [0.25, 0.3) is 0 Å². The fraction of sp³-hybridized carbons (Fsp3) is 0.263. The standard InChI is InChI=1S/C19H20N2O4/c1-13(22)14-7-9-16(10-8-14)25-12-15(23)11-21-18-6-4-3-5-17(18)20(2)19(21)24/h3-10,15,23H,11-12H2,1-2H3. The molecule has 0 amide bonds. The van der Waals surface area contributed by atoms with Gasteiger partial charge >= 0.3 is 5.69 Å². The molecule has 130 valence electrons. The largest absolute Gasteiger partial charge is 0.491 e. The highest BCUT2D eigenvalue weighted by molar-refractivity contribution is 5.94. The average Bonchev–Trinajstić information content (AvgIpc) is 2.85. The number of hydrogen-bond donors (Lipinski definition) is 1. The number of Topliss-reactive ketones (excluding diaryl/α,β-unsaturated/α-hetero) is 1. The minimum Gasteiger partial charge on any atom is -0.491 e. The van der Waals surface area contributed by atoms with Crippen LogP contribution in [0, 0.1) is 0 Å². The van der Waals surface area contributed by atoms with E-state index in [1.165, 1.54) is 6.92 Å². The van der Waals surface area contributed by atoms with Crippen molar-refractivity contribution >= 4 is 16.8 Å². The number of fused-ring (bicyclic) bond motifs is 1. The molecule has 3 rings (SSSR count). The number of para-hydroxylation sites is 2. The lowest BCUT2D eigenvalue weighted by Crippen LogP contribution is -2.30. The SMILES string of the molecule is CC(=O)c1ccc(OCC(O)Cn2c(=O)n(C)c3ccccc32)cc1. The number of carbonyl (C=O) groups is 1. The maximum absolute atomic E-state index is 12.3. The first-order chi connectivity index (χ1) is 12.0. The number of benzene rings is 2. The molecule has 0 aliphatic rings. The van der Waals surface area contributed by atoms with Crippen LogP contribution in [0.15, 0.2) is 53.3 Å². The molecule has 0 spiro atoms. The van der Waals surface area contributed by atoms with E-state index in [0.717, 1.165) is 11.0 Å². The Morgan fingerprint density at radius 2 is 1.76 bits per heavy atom. The fourth-order valence-corrected chi connectivity index (χ4v) is 2.78. The van der Waals surface area contributed by atoms with Crippen molar-refractivity contribution < 1.29 is 14.6 Å². The van der Waals surface area contributed by atoms with Crippen LogP contribution in [0.4, 0.5) is 0 Å². The fourth-order valence-electron chi connectivity index (χ4n) is 2.78. The molecule has 0 bridgehead atoms. The normalized spacial score (nSPS) is 12.3. The first-order valence-electron chi connectivity index (χ1n) is 8.03. The highest BCUT2D eigenvalue weighted by Gasteiger charge is 2.14. The van der Waals surface area contributed by atoms with Crippen LogP contribution in [-0.2, 0) is 13.6 Å². The van der Waals surface area contributed by atoms with Gasteiger partial charge in [0.05, 0.1) is 17.6 Å². The van der Waals surface area contributed by atoms with Gasteiger partial charge in [-0.2, -0.15) is 0 Å². The maximum atomic E-state index is 12.3. The van der Waals surface area contributed by atoms with Crippen LogP contribution in [0.2, 0.25) is 0 Å². The summed E-state index contributed by atoms with van der Waals surface area (Å²) in [7, 11) is 1.71. The van der Waals surface area contributed by atoms with Crippen molar-refractivity contribution in [3.8, 4) is 5.75 Å². The lowest BCUT2D eigenvalue weighted by Gasteiger charge is -2.13. The number of aliphatic hydroxyl groups excluding tert-OH is 1. The van der Waals surface area contributed by atoms with Crippen molar-refractivity contribution in [3.63, 3.8) is 0 Å². The number of ether oxygens (including phenoxy) is 1. The molecule has 3 aromatic rings. The van der Waals surface area contributed by atoms with Gasteiger partial charge < -0.3 is 9.84 Å². The molecular weight excluding hydrogens is 320 g/mol. The topological polar surface area (TPSA) is 73.5 Å². The Balaban J connectivity index is 1.69. The third kappa shape index (κ3) is 3.49. The molecule has 1 aromatic heterocycles. The molecule has 1 N–H and O–H groups in total. The van der Waals surface area contributed by atoms with Crippen LogP contribution in [0.3, 0.4) is 0 Å². The van der Waals surface area contributed by atoms with E-state index in [1.54, 1.807) is 40.4 Å². The van der Waals surface area contributed by atoms with Gasteiger partial charge in [-0.25, -0.2) is 4.79 Å². The molecular formula is C19H20N2O4. The van der Waals surface area contributed by atoms with Gasteiger partial charge in [-0.15, -0.1) is 0 Å². The van der Waals surface area contributed by atoms with E-state index in [1.807, 2.05) is 24.3 Å². The zero-order chi connectivity index (χ0) is 18.0. The van der Waals surface area contributed by atoms with Gasteiger partial charge in [-0.3, -0.25) is 13.9 Å². The highest BCUT2D eigenvalue weighted by atomic mass is 16.5. The molecule has 1 unspecified atom stereocenters. The third-order valence-electron chi connectivity index (χ3n) is 4.15. The quantitative estimate of drug-likeness (QED) is 0.697. The van der Waals surface area contributed by atoms with Crippen molar-refractivity contribution in [1.82, 2.24) is 9.13 Å². The first kappa shape index (κ1) is 17.0. The number of carbonyl (C=O) groups excluding carboxylic acids is 1. The van der Waals surface area contributed by atoms with Crippen LogP contribution in [-0.4, -0.2) is 32.7 Å². The number of aromatic nitrogens is 2. The minimum atomic E-state index is -0.837. The summed E-state index contributed by atoms with van der Waals surface area (Å²) in [6.45, 7) is 1.70. The Bertz CT molecular complexity index is 954. The summed E-state index contributed by atoms with van der Waals surface area (Å²) >= 11 is 0. The Hall–Kier alpha value is -2.86. The lowest BCUT2D eigenvalue weighted by atomic mass is 10.1. The smallest absolute Gasteiger partial charge is 0.328 e. The molecule has 6 nitrogen and oxygen atoms in total. The summed E-state index contributed by atoms with van der Waals surface area (Å²) in [6.07, 6.45) is -0.837. The Morgan fingerprint density at radius 1 is 1.12 bits per heavy atom. The number of rotatable bonds is 6. The average molecular weight is 340 g/mol. The van der Waals surface area contributed by atoms with E-state index in [2.05, 4.69) is 0 Å². The molecule has 2 aromatic carbocycles. The Kier molecular flexibility index (Phi) is 4.72. The number of ketones is 1. The van der Waals surface area contributed by atoms with Crippen LogP contribution >= 0.6 is 0 Å². The molecule has 25 heavy (non-hydrogen) atoms. The van der Waals surface area contributed by atoms with Crippen molar-refractivity contribution in [2.24, 2.45) is 7.05 Å². The van der Waals surface area contributed by atoms with Gasteiger partial charge in [-0.05, 0) is 43.3 Å². The maximum Gasteiger partial charge on any atom is 0.328 e. The van der Waals surface area contributed by atoms with E-state index in [4.69, 9.17) is 4.74 Å². The van der Waals surface area contributed by atoms with Gasteiger partial charge in [0.15, 0.2) is 5.78 Å². The Labute approximate surface area is 144 Å². The van der Waals surface area contributed by atoms with E-state index < -0.39 is 6.10 Å². The molecule has 0 saturated heterocycles. The minimum absolute atomic E-state index is 0.0121. The summed E-state index contributed by atoms with van der Waals surface area (Å²) in [5, 5.41) is 10.3. The van der Waals surface area contributed by atoms with Gasteiger partial charge in [0, 0.05) is 12.6 Å². The second kappa shape index (κ2) is 6.94. The van der Waals surface area contributed by atoms with Crippen LogP contribution < -0.4 is 10.4 Å². The number of imidazole rings is 1. The molecule has 0 aliphatic heterocycles. The zero-order valence-corrected chi connectivity index (χ0v) is 14.2. The number of aryl methyl sites for hydroxylation is 1. The predicted molar refractivity (Wildman–Crippen MR) is 95.1 cm³/mol. The molecule has 0 fully saturated rings. The summed E-state index contributed by atoms with van der Waals surface area (Å²) < 4.78 is 8.65. The number of hydrogen-bond acceptors (Lipinski definition) is 4. The molecule has 1 heterocycles. The van der Waals surface area contributed by atoms with Crippen molar-refractivity contribution in [2.75, 3.05) is 6.61 Å². The van der Waals surface area contributed by atoms with Crippen molar-refractivity contribution in [2.45, 2.75) is 19.6 Å². The predicted octanol–water partition coefficient (Wildman–Crippen LogP) is 1.98. The monoisotopic (exact) mass is 340 g/mol. The summed E-state index contributed by atoms with van der Waals surface area (Å²) in [5.41, 5.74) is 2.03. The van der Waals surface area contributed by atoms with Crippen molar-refractivity contribution in [1.29, 1.82) is 0 Å². The second-order valence-corrected chi connectivity index (χ2v) is 5.99. The van der Waals surface area contributed by atoms with Gasteiger partial charge in [0.2, 0.25) is 0 Å². The summed E-state index contributed by atoms with van der Waals surface area (Å²) in [6, 6.07) is 14.2. The summed E-state index contributed by atoms with van der Waals surface area (Å²) in [5.74, 6) is 0.552. The molecule has 6 heteroatoms. The van der Waals surface area contributed by atoms with Gasteiger partial charge in [0.1, 0.15) is 18.5 Å². The van der Waals surface area contributed by atoms with E-state index in [0.29, 0.717) is 11.3 Å². The second-order valence-electron chi connectivity index (χ2n) is 5.99. The first-order valence-corrected chi connectivity index (χ1v) is 8.03. The molecule has 0 saturated carbocycles. The lowest BCUT2D eigenvalue weighted by molar-refractivity contribution is 0.0924.